The summed E-state index contributed by atoms with van der Waals surface area (Å²) in [5.74, 6) is 3.00. The van der Waals surface area contributed by atoms with E-state index >= 15 is 0 Å². The molecule has 4 nitrogen and oxygen atoms in total. The van der Waals surface area contributed by atoms with Gasteiger partial charge in [-0.15, -0.1) is 0 Å². The lowest BCUT2D eigenvalue weighted by molar-refractivity contribution is 0.165. The highest BCUT2D eigenvalue weighted by molar-refractivity contribution is 5.50. The van der Waals surface area contributed by atoms with Crippen LogP contribution in [0.5, 0.6) is 0 Å². The Kier molecular flexibility index (Phi) is 2.17. The van der Waals surface area contributed by atoms with E-state index in [1.165, 1.54) is 32.1 Å². The Morgan fingerprint density at radius 3 is 2.52 bits per heavy atom. The van der Waals surface area contributed by atoms with Crippen molar-refractivity contribution in [3.63, 3.8) is 0 Å². The molecule has 4 bridgehead atoms. The van der Waals surface area contributed by atoms with Gasteiger partial charge in [-0.25, -0.2) is 9.38 Å². The van der Waals surface area contributed by atoms with Gasteiger partial charge in [0.25, 0.3) is 5.56 Å². The topological polar surface area (TPSA) is 60.4 Å². The number of nitrogen functional groups attached to an aromatic ring is 1. The number of pyridine rings is 1. The number of rotatable bonds is 0. The molecule has 0 aromatic carbocycles. The number of fused-ring (bicyclic) bond motifs is 1. The fourth-order valence-electron chi connectivity index (χ4n) is 5.24. The van der Waals surface area contributed by atoms with Gasteiger partial charge in [-0.2, -0.15) is 0 Å². The number of nitrogens with two attached hydrogens (primary N) is 1. The van der Waals surface area contributed by atoms with E-state index in [0.29, 0.717) is 23.3 Å². The molecule has 0 radical (unpaired) electrons. The van der Waals surface area contributed by atoms with E-state index in [9.17, 15) is 4.79 Å². The predicted octanol–water partition coefficient (Wildman–Crippen LogP) is 2.67. The van der Waals surface area contributed by atoms with E-state index < -0.39 is 0 Å². The first-order chi connectivity index (χ1) is 10.2. The standard InChI is InChI=1S/C17H19N3O/c18-13-2-1-3-14-19-16-12-7-9-4-10(8-12)6-11(5-9)15(16)17(21)20(13)14/h1-3,9-12H,4-8,18H2. The molecule has 2 atom stereocenters. The van der Waals surface area contributed by atoms with Gasteiger partial charge in [-0.05, 0) is 62.0 Å². The lowest BCUT2D eigenvalue weighted by Gasteiger charge is -2.38. The van der Waals surface area contributed by atoms with Crippen molar-refractivity contribution < 1.29 is 0 Å². The van der Waals surface area contributed by atoms with Crippen LogP contribution in [0.3, 0.4) is 0 Å². The number of aromatic nitrogens is 2. The van der Waals surface area contributed by atoms with Crippen molar-refractivity contribution in [1.82, 2.24) is 9.38 Å². The van der Waals surface area contributed by atoms with E-state index in [1.807, 2.05) is 12.1 Å². The normalized spacial score (nSPS) is 33.1. The SMILES string of the molecule is Nc1cccc2nc3c(c(=O)n12)C1CC2CC(CC3C2)C1. The fraction of sp³-hybridized carbons (Fsp3) is 0.529. The molecule has 2 fully saturated rings. The lowest BCUT2D eigenvalue weighted by atomic mass is 9.67. The molecular formula is C17H19N3O. The zero-order valence-electron chi connectivity index (χ0n) is 12.0. The molecule has 0 aliphatic heterocycles. The Morgan fingerprint density at radius 2 is 1.76 bits per heavy atom. The third-order valence-corrected chi connectivity index (χ3v) is 5.88. The first-order valence-corrected chi connectivity index (χ1v) is 8.01. The summed E-state index contributed by atoms with van der Waals surface area (Å²) in [6, 6.07) is 5.56. The molecule has 0 saturated heterocycles. The quantitative estimate of drug-likeness (QED) is 0.807. The van der Waals surface area contributed by atoms with Crippen LogP contribution in [0.15, 0.2) is 23.0 Å². The van der Waals surface area contributed by atoms with Crippen molar-refractivity contribution in [2.75, 3.05) is 5.73 Å². The van der Waals surface area contributed by atoms with Gasteiger partial charge in [0.15, 0.2) is 0 Å². The zero-order valence-corrected chi connectivity index (χ0v) is 12.0. The smallest absolute Gasteiger partial charge is 0.263 e. The highest BCUT2D eigenvalue weighted by Gasteiger charge is 2.44. The highest BCUT2D eigenvalue weighted by Crippen LogP contribution is 2.54. The van der Waals surface area contributed by atoms with Crippen molar-refractivity contribution >= 4 is 11.5 Å². The van der Waals surface area contributed by atoms with E-state index in [-0.39, 0.29) is 5.56 Å². The molecule has 4 heteroatoms. The Hall–Kier alpha value is -1.84. The van der Waals surface area contributed by atoms with Crippen LogP contribution in [0.1, 0.15) is 55.2 Å². The van der Waals surface area contributed by atoms with Gasteiger partial charge in [-0.3, -0.25) is 4.79 Å². The van der Waals surface area contributed by atoms with Gasteiger partial charge in [0.2, 0.25) is 0 Å². The van der Waals surface area contributed by atoms with Crippen LogP contribution in [0, 0.1) is 11.8 Å². The molecule has 6 rings (SSSR count). The van der Waals surface area contributed by atoms with E-state index in [0.717, 1.165) is 23.1 Å². The summed E-state index contributed by atoms with van der Waals surface area (Å²) in [4.78, 5) is 17.9. The van der Waals surface area contributed by atoms with Crippen molar-refractivity contribution in [3.8, 4) is 0 Å². The molecule has 2 saturated carbocycles. The van der Waals surface area contributed by atoms with Crippen LogP contribution < -0.4 is 11.3 Å². The molecule has 4 aliphatic carbocycles. The predicted molar refractivity (Wildman–Crippen MR) is 81.4 cm³/mol. The maximum absolute atomic E-state index is 13.1. The van der Waals surface area contributed by atoms with E-state index in [1.54, 1.807) is 10.5 Å². The molecule has 0 amide bonds. The van der Waals surface area contributed by atoms with Gasteiger partial charge in [0.05, 0.1) is 5.69 Å². The first kappa shape index (κ1) is 11.8. The second kappa shape index (κ2) is 3.87. The average molecular weight is 281 g/mol. The highest BCUT2D eigenvalue weighted by atomic mass is 16.1. The summed E-state index contributed by atoms with van der Waals surface area (Å²) in [7, 11) is 0. The summed E-state index contributed by atoms with van der Waals surface area (Å²) >= 11 is 0. The third-order valence-electron chi connectivity index (χ3n) is 5.88. The van der Waals surface area contributed by atoms with Gasteiger partial charge in [0.1, 0.15) is 11.5 Å². The Labute approximate surface area is 123 Å². The van der Waals surface area contributed by atoms with Crippen LogP contribution >= 0.6 is 0 Å². The van der Waals surface area contributed by atoms with E-state index in [4.69, 9.17) is 10.7 Å². The van der Waals surface area contributed by atoms with Gasteiger partial charge >= 0.3 is 0 Å². The van der Waals surface area contributed by atoms with Crippen molar-refractivity contribution in [1.29, 1.82) is 0 Å². The molecular weight excluding hydrogens is 262 g/mol. The van der Waals surface area contributed by atoms with Crippen LogP contribution in [0.4, 0.5) is 5.82 Å². The molecule has 2 aromatic heterocycles. The van der Waals surface area contributed by atoms with Crippen LogP contribution in [-0.4, -0.2) is 9.38 Å². The van der Waals surface area contributed by atoms with Crippen LogP contribution in [0.2, 0.25) is 0 Å². The number of nitrogens with zero attached hydrogens (tertiary/aromatic N) is 2. The van der Waals surface area contributed by atoms with E-state index in [2.05, 4.69) is 0 Å². The van der Waals surface area contributed by atoms with Crippen LogP contribution in [0.25, 0.3) is 5.65 Å². The molecule has 2 unspecified atom stereocenters. The minimum Gasteiger partial charge on any atom is -0.385 e. The largest absolute Gasteiger partial charge is 0.385 e. The first-order valence-electron chi connectivity index (χ1n) is 8.01. The maximum atomic E-state index is 13.1. The molecule has 2 aromatic rings. The lowest BCUT2D eigenvalue weighted by Crippen LogP contribution is -2.27. The average Bonchev–Trinajstić information content (AvgIpc) is 2.61. The second-order valence-corrected chi connectivity index (χ2v) is 7.16. The van der Waals surface area contributed by atoms with Gasteiger partial charge in [0, 0.05) is 11.5 Å². The molecule has 108 valence electrons. The number of hydrogen-bond donors (Lipinski definition) is 1. The Morgan fingerprint density at radius 1 is 1.05 bits per heavy atom. The molecule has 21 heavy (non-hydrogen) atoms. The minimum atomic E-state index is 0.0892. The van der Waals surface area contributed by atoms with Crippen LogP contribution in [-0.2, 0) is 0 Å². The van der Waals surface area contributed by atoms with Gasteiger partial charge in [-0.1, -0.05) is 6.07 Å². The Bertz CT molecular complexity index is 796. The third kappa shape index (κ3) is 1.50. The minimum absolute atomic E-state index is 0.0892. The fourth-order valence-corrected chi connectivity index (χ4v) is 5.24. The summed E-state index contributed by atoms with van der Waals surface area (Å²) in [6.45, 7) is 0. The molecule has 0 spiro atoms. The summed E-state index contributed by atoms with van der Waals surface area (Å²) in [6.07, 6.45) is 6.17. The summed E-state index contributed by atoms with van der Waals surface area (Å²) in [5, 5.41) is 0. The summed E-state index contributed by atoms with van der Waals surface area (Å²) < 4.78 is 1.60. The van der Waals surface area contributed by atoms with Gasteiger partial charge < -0.3 is 5.73 Å². The molecule has 2 heterocycles. The Balaban J connectivity index is 1.88. The number of anilines is 1. The summed E-state index contributed by atoms with van der Waals surface area (Å²) in [5.41, 5.74) is 8.91. The number of hydrogen-bond acceptors (Lipinski definition) is 3. The maximum Gasteiger partial charge on any atom is 0.263 e. The second-order valence-electron chi connectivity index (χ2n) is 7.16. The zero-order chi connectivity index (χ0) is 14.1. The van der Waals surface area contributed by atoms with Crippen molar-refractivity contribution in [3.05, 3.63) is 39.8 Å². The van der Waals surface area contributed by atoms with Crippen molar-refractivity contribution in [2.24, 2.45) is 11.8 Å². The van der Waals surface area contributed by atoms with Crippen molar-refractivity contribution in [2.45, 2.75) is 43.9 Å². The molecule has 2 N–H and O–H groups in total. The molecule has 4 aliphatic rings. The monoisotopic (exact) mass is 281 g/mol.